The minimum atomic E-state index is -0.666. The van der Waals surface area contributed by atoms with Crippen molar-refractivity contribution in [1.29, 1.82) is 0 Å². The third-order valence-electron chi connectivity index (χ3n) is 2.95. The molecule has 0 radical (unpaired) electrons. The fourth-order valence-electron chi connectivity index (χ4n) is 1.69. The van der Waals surface area contributed by atoms with Gasteiger partial charge in [-0.15, -0.1) is 0 Å². The summed E-state index contributed by atoms with van der Waals surface area (Å²) in [6.07, 6.45) is 3.97. The number of rotatable bonds is 3. The SMILES string of the molecule is Cc1ncccc1CC1(C(=O)O)CC1. The summed E-state index contributed by atoms with van der Waals surface area (Å²) in [5.41, 5.74) is 1.53. The Morgan fingerprint density at radius 1 is 1.64 bits per heavy atom. The summed E-state index contributed by atoms with van der Waals surface area (Å²) in [6.45, 7) is 1.92. The first-order valence-electron chi connectivity index (χ1n) is 4.78. The number of pyridine rings is 1. The van der Waals surface area contributed by atoms with E-state index in [0.29, 0.717) is 6.42 Å². The van der Waals surface area contributed by atoms with Crippen molar-refractivity contribution in [3.05, 3.63) is 29.6 Å². The van der Waals surface area contributed by atoms with E-state index in [9.17, 15) is 4.79 Å². The van der Waals surface area contributed by atoms with Gasteiger partial charge < -0.3 is 5.11 Å². The highest BCUT2D eigenvalue weighted by molar-refractivity contribution is 5.78. The van der Waals surface area contributed by atoms with E-state index in [0.717, 1.165) is 24.1 Å². The molecule has 1 aromatic heterocycles. The summed E-state index contributed by atoms with van der Waals surface area (Å²) in [6, 6.07) is 3.83. The maximum atomic E-state index is 11.0. The minimum absolute atomic E-state index is 0.478. The van der Waals surface area contributed by atoms with E-state index in [2.05, 4.69) is 4.98 Å². The van der Waals surface area contributed by atoms with E-state index >= 15 is 0 Å². The Bertz CT molecular complexity index is 369. The van der Waals surface area contributed by atoms with E-state index in [-0.39, 0.29) is 0 Å². The van der Waals surface area contributed by atoms with E-state index in [1.54, 1.807) is 6.20 Å². The summed E-state index contributed by atoms with van der Waals surface area (Å²) < 4.78 is 0. The fourth-order valence-corrected chi connectivity index (χ4v) is 1.69. The van der Waals surface area contributed by atoms with Crippen LogP contribution in [0.15, 0.2) is 18.3 Å². The second-order valence-corrected chi connectivity index (χ2v) is 4.01. The Balaban J connectivity index is 2.19. The molecule has 1 aliphatic carbocycles. The molecule has 0 spiro atoms. The maximum absolute atomic E-state index is 11.0. The maximum Gasteiger partial charge on any atom is 0.309 e. The quantitative estimate of drug-likeness (QED) is 0.792. The number of carboxylic acids is 1. The lowest BCUT2D eigenvalue weighted by Crippen LogP contribution is -2.18. The van der Waals surface area contributed by atoms with Gasteiger partial charge in [-0.25, -0.2) is 0 Å². The molecule has 0 unspecified atom stereocenters. The average molecular weight is 191 g/mol. The highest BCUT2D eigenvalue weighted by atomic mass is 16.4. The van der Waals surface area contributed by atoms with Crippen LogP contribution < -0.4 is 0 Å². The van der Waals surface area contributed by atoms with Crippen molar-refractivity contribution in [2.45, 2.75) is 26.2 Å². The summed E-state index contributed by atoms with van der Waals surface area (Å²) in [4.78, 5) is 15.1. The van der Waals surface area contributed by atoms with Crippen molar-refractivity contribution in [2.75, 3.05) is 0 Å². The number of carboxylic acid groups (broad SMARTS) is 1. The number of nitrogens with zero attached hydrogens (tertiary/aromatic N) is 1. The molecule has 0 saturated heterocycles. The lowest BCUT2D eigenvalue weighted by molar-refractivity contribution is -0.143. The van der Waals surface area contributed by atoms with Crippen LogP contribution in [-0.4, -0.2) is 16.1 Å². The molecule has 0 atom stereocenters. The van der Waals surface area contributed by atoms with Gasteiger partial charge >= 0.3 is 5.97 Å². The predicted octanol–water partition coefficient (Wildman–Crippen LogP) is 1.80. The number of carbonyl (C=O) groups is 1. The molecule has 0 bridgehead atoms. The Morgan fingerprint density at radius 2 is 2.36 bits per heavy atom. The van der Waals surface area contributed by atoms with Crippen molar-refractivity contribution >= 4 is 5.97 Å². The summed E-state index contributed by atoms with van der Waals surface area (Å²) >= 11 is 0. The molecule has 1 N–H and O–H groups in total. The second kappa shape index (κ2) is 3.08. The molecule has 3 nitrogen and oxygen atoms in total. The first-order chi connectivity index (χ1) is 6.64. The smallest absolute Gasteiger partial charge is 0.309 e. The standard InChI is InChI=1S/C11H13NO2/c1-8-9(3-2-6-12-8)7-11(4-5-11)10(13)14/h2-3,6H,4-5,7H2,1H3,(H,13,14). The first-order valence-corrected chi connectivity index (χ1v) is 4.78. The van der Waals surface area contributed by atoms with Crippen molar-refractivity contribution in [2.24, 2.45) is 5.41 Å². The van der Waals surface area contributed by atoms with E-state index in [1.165, 1.54) is 0 Å². The third kappa shape index (κ3) is 1.50. The largest absolute Gasteiger partial charge is 0.481 e. The van der Waals surface area contributed by atoms with E-state index in [1.807, 2.05) is 19.1 Å². The second-order valence-electron chi connectivity index (χ2n) is 4.01. The molecular weight excluding hydrogens is 178 g/mol. The van der Waals surface area contributed by atoms with Crippen LogP contribution in [0, 0.1) is 12.3 Å². The molecule has 0 aliphatic heterocycles. The zero-order valence-corrected chi connectivity index (χ0v) is 8.16. The van der Waals surface area contributed by atoms with Crippen molar-refractivity contribution in [3.8, 4) is 0 Å². The molecular formula is C11H13NO2. The van der Waals surface area contributed by atoms with Gasteiger partial charge in [0.2, 0.25) is 0 Å². The predicted molar refractivity (Wildman–Crippen MR) is 52.0 cm³/mol. The van der Waals surface area contributed by atoms with Crippen LogP contribution in [0.5, 0.6) is 0 Å². The highest BCUT2D eigenvalue weighted by Crippen LogP contribution is 2.48. The van der Waals surface area contributed by atoms with Crippen LogP contribution in [0.2, 0.25) is 0 Å². The van der Waals surface area contributed by atoms with Crippen LogP contribution in [0.3, 0.4) is 0 Å². The third-order valence-corrected chi connectivity index (χ3v) is 2.95. The number of hydrogen-bond donors (Lipinski definition) is 1. The van der Waals surface area contributed by atoms with Gasteiger partial charge in [0.15, 0.2) is 0 Å². The Morgan fingerprint density at radius 3 is 2.86 bits per heavy atom. The van der Waals surface area contributed by atoms with E-state index < -0.39 is 11.4 Å². The monoisotopic (exact) mass is 191 g/mol. The van der Waals surface area contributed by atoms with Gasteiger partial charge in [0.1, 0.15) is 0 Å². The molecule has 1 saturated carbocycles. The first kappa shape index (κ1) is 9.19. The molecule has 14 heavy (non-hydrogen) atoms. The van der Waals surface area contributed by atoms with Gasteiger partial charge in [-0.1, -0.05) is 6.07 Å². The minimum Gasteiger partial charge on any atom is -0.481 e. The van der Waals surface area contributed by atoms with Crippen molar-refractivity contribution in [1.82, 2.24) is 4.98 Å². The van der Waals surface area contributed by atoms with Crippen LogP contribution >= 0.6 is 0 Å². The van der Waals surface area contributed by atoms with Gasteiger partial charge in [-0.2, -0.15) is 0 Å². The lowest BCUT2D eigenvalue weighted by Gasteiger charge is -2.10. The molecule has 1 heterocycles. The number of hydrogen-bond acceptors (Lipinski definition) is 2. The van der Waals surface area contributed by atoms with Gasteiger partial charge in [-0.3, -0.25) is 9.78 Å². The fraction of sp³-hybridized carbons (Fsp3) is 0.455. The number of aryl methyl sites for hydroxylation is 1. The molecule has 2 rings (SSSR count). The molecule has 0 aromatic carbocycles. The van der Waals surface area contributed by atoms with Crippen molar-refractivity contribution in [3.63, 3.8) is 0 Å². The average Bonchev–Trinajstić information content (AvgIpc) is 2.90. The molecule has 1 aliphatic rings. The van der Waals surface area contributed by atoms with Gasteiger partial charge in [0.25, 0.3) is 0 Å². The van der Waals surface area contributed by atoms with Crippen LogP contribution in [-0.2, 0) is 11.2 Å². The number of aromatic nitrogens is 1. The van der Waals surface area contributed by atoms with Gasteiger partial charge in [-0.05, 0) is 37.8 Å². The lowest BCUT2D eigenvalue weighted by atomic mass is 9.96. The van der Waals surface area contributed by atoms with Crippen LogP contribution in [0.4, 0.5) is 0 Å². The van der Waals surface area contributed by atoms with Crippen LogP contribution in [0.25, 0.3) is 0 Å². The number of aliphatic carboxylic acids is 1. The molecule has 3 heteroatoms. The van der Waals surface area contributed by atoms with Gasteiger partial charge in [0, 0.05) is 11.9 Å². The molecule has 74 valence electrons. The van der Waals surface area contributed by atoms with Crippen LogP contribution in [0.1, 0.15) is 24.1 Å². The summed E-state index contributed by atoms with van der Waals surface area (Å²) in [5, 5.41) is 9.04. The van der Waals surface area contributed by atoms with Crippen molar-refractivity contribution < 1.29 is 9.90 Å². The zero-order chi connectivity index (χ0) is 10.2. The highest BCUT2D eigenvalue weighted by Gasteiger charge is 2.50. The summed E-state index contributed by atoms with van der Waals surface area (Å²) in [5.74, 6) is -0.666. The van der Waals surface area contributed by atoms with E-state index in [4.69, 9.17) is 5.11 Å². The Kier molecular flexibility index (Phi) is 2.02. The Hall–Kier alpha value is -1.38. The summed E-state index contributed by atoms with van der Waals surface area (Å²) in [7, 11) is 0. The Labute approximate surface area is 82.8 Å². The normalized spacial score (nSPS) is 17.8. The topological polar surface area (TPSA) is 50.2 Å². The molecule has 0 amide bonds. The van der Waals surface area contributed by atoms with Gasteiger partial charge in [0.05, 0.1) is 5.41 Å². The molecule has 1 aromatic rings. The zero-order valence-electron chi connectivity index (χ0n) is 8.16. The molecule has 1 fully saturated rings.